The molecule has 0 heterocycles. The third-order valence-corrected chi connectivity index (χ3v) is 3.68. The van der Waals surface area contributed by atoms with Crippen molar-refractivity contribution in [1.82, 2.24) is 0 Å². The number of rotatable bonds is 13. The Labute approximate surface area is 159 Å². The molecule has 0 aliphatic heterocycles. The summed E-state index contributed by atoms with van der Waals surface area (Å²) in [6.45, 7) is 5.82. The second-order valence-electron chi connectivity index (χ2n) is 5.94. The number of hydrogen-bond donors (Lipinski definition) is 0. The number of ether oxygens (including phenoxy) is 4. The zero-order valence-corrected chi connectivity index (χ0v) is 15.7. The van der Waals surface area contributed by atoms with Crippen LogP contribution in [0.3, 0.4) is 0 Å². The molecule has 28 heavy (non-hydrogen) atoms. The quantitative estimate of drug-likeness (QED) is 0.123. The molecule has 0 saturated heterocycles. The molecule has 0 fully saturated rings. The van der Waals surface area contributed by atoms with Gasteiger partial charge < -0.3 is 18.9 Å². The van der Waals surface area contributed by atoms with Gasteiger partial charge in [0.05, 0.1) is 39.5 Å². The Morgan fingerprint density at radius 1 is 0.786 bits per heavy atom. The lowest BCUT2D eigenvalue weighted by Gasteiger charge is -2.10. The predicted octanol–water partition coefficient (Wildman–Crippen LogP) is 3.77. The fourth-order valence-corrected chi connectivity index (χ4v) is 1.84. The van der Waals surface area contributed by atoms with Crippen molar-refractivity contribution in [3.63, 3.8) is 0 Å². The van der Waals surface area contributed by atoms with Crippen LogP contribution in [0.25, 0.3) is 0 Å². The lowest BCUT2D eigenvalue weighted by atomic mass is 10.1. The molecule has 1 aromatic carbocycles. The molecule has 0 aliphatic rings. The summed E-state index contributed by atoms with van der Waals surface area (Å²) >= 11 is 0. The Balaban J connectivity index is 2.20. The lowest BCUT2D eigenvalue weighted by Crippen LogP contribution is -2.16. The number of carbonyl (C=O) groups excluding carboxylic acids is 1. The van der Waals surface area contributed by atoms with E-state index in [-0.39, 0.29) is 19.8 Å². The second kappa shape index (κ2) is 12.6. The van der Waals surface area contributed by atoms with Crippen LogP contribution in [0, 0.1) is 35.0 Å². The van der Waals surface area contributed by atoms with Crippen LogP contribution in [-0.2, 0) is 19.0 Å². The number of carbonyl (C=O) groups is 1. The van der Waals surface area contributed by atoms with E-state index < -0.39 is 47.2 Å². The predicted molar refractivity (Wildman–Crippen MR) is 88.4 cm³/mol. The van der Waals surface area contributed by atoms with E-state index in [2.05, 4.69) is 18.6 Å². The molecule has 5 nitrogen and oxygen atoms in total. The molecule has 0 bridgehead atoms. The molecule has 0 saturated carbocycles. The highest BCUT2D eigenvalue weighted by molar-refractivity contribution is 5.72. The summed E-state index contributed by atoms with van der Waals surface area (Å²) in [4.78, 5) is 11.5. The molecule has 0 N–H and O–H groups in total. The van der Waals surface area contributed by atoms with Gasteiger partial charge in [-0.2, -0.15) is 8.78 Å². The summed E-state index contributed by atoms with van der Waals surface area (Å²) in [7, 11) is 0. The monoisotopic (exact) mass is 414 g/mol. The van der Waals surface area contributed by atoms with E-state index in [4.69, 9.17) is 14.2 Å². The van der Waals surface area contributed by atoms with Crippen LogP contribution in [0.4, 0.5) is 22.0 Å². The van der Waals surface area contributed by atoms with E-state index in [0.29, 0.717) is 25.7 Å². The Morgan fingerprint density at radius 2 is 1.25 bits per heavy atom. The Hall–Kier alpha value is -1.78. The van der Waals surface area contributed by atoms with E-state index in [1.165, 1.54) is 0 Å². The molecule has 0 aliphatic carbocycles. The van der Waals surface area contributed by atoms with Crippen LogP contribution < -0.4 is 4.74 Å². The maximum absolute atomic E-state index is 13.4. The van der Waals surface area contributed by atoms with E-state index in [0.717, 1.165) is 6.42 Å². The lowest BCUT2D eigenvalue weighted by molar-refractivity contribution is -0.136. The molecular weight excluding hydrogens is 391 g/mol. The summed E-state index contributed by atoms with van der Waals surface area (Å²) in [6.07, 6.45) is 0.582. The van der Waals surface area contributed by atoms with E-state index in [1.54, 1.807) is 0 Å². The Bertz CT molecular complexity index is 612. The van der Waals surface area contributed by atoms with Crippen LogP contribution in [0.1, 0.15) is 26.7 Å². The highest BCUT2D eigenvalue weighted by atomic mass is 19.2. The van der Waals surface area contributed by atoms with Gasteiger partial charge in [0.2, 0.25) is 34.8 Å². The summed E-state index contributed by atoms with van der Waals surface area (Å²) in [5, 5.41) is 0. The molecule has 0 spiro atoms. The minimum absolute atomic E-state index is 0.140. The Kier molecular flexibility index (Phi) is 10.9. The van der Waals surface area contributed by atoms with Crippen LogP contribution in [0.5, 0.6) is 5.75 Å². The van der Waals surface area contributed by atoms with Crippen molar-refractivity contribution in [1.29, 1.82) is 0 Å². The van der Waals surface area contributed by atoms with Crippen molar-refractivity contribution in [3.8, 4) is 5.75 Å². The molecular formula is C18H23F5O5. The van der Waals surface area contributed by atoms with Gasteiger partial charge in [0.25, 0.3) is 0 Å². The summed E-state index contributed by atoms with van der Waals surface area (Å²) < 4.78 is 85.6. The van der Waals surface area contributed by atoms with Crippen LogP contribution in [0.15, 0.2) is 0 Å². The van der Waals surface area contributed by atoms with Crippen LogP contribution in [0.2, 0.25) is 0 Å². The molecule has 0 radical (unpaired) electrons. The SMILES string of the molecule is CCC(C)COCCOCCOCCC(=O)Oc1c(F)c(F)c(F)c(F)c1F. The number of benzene rings is 1. The van der Waals surface area contributed by atoms with Crippen molar-refractivity contribution in [2.45, 2.75) is 26.7 Å². The highest BCUT2D eigenvalue weighted by Crippen LogP contribution is 2.29. The fourth-order valence-electron chi connectivity index (χ4n) is 1.84. The smallest absolute Gasteiger partial charge is 0.313 e. The van der Waals surface area contributed by atoms with Gasteiger partial charge in [-0.15, -0.1) is 0 Å². The van der Waals surface area contributed by atoms with E-state index >= 15 is 0 Å². The van der Waals surface area contributed by atoms with Crippen molar-refractivity contribution >= 4 is 5.97 Å². The van der Waals surface area contributed by atoms with Gasteiger partial charge in [-0.1, -0.05) is 20.3 Å². The second-order valence-corrected chi connectivity index (χ2v) is 5.94. The summed E-state index contributed by atoms with van der Waals surface area (Å²) in [6, 6.07) is 0. The van der Waals surface area contributed by atoms with Gasteiger partial charge in [-0.25, -0.2) is 13.2 Å². The van der Waals surface area contributed by atoms with Crippen LogP contribution >= 0.6 is 0 Å². The zero-order valence-electron chi connectivity index (χ0n) is 15.7. The average molecular weight is 414 g/mol. The van der Waals surface area contributed by atoms with Gasteiger partial charge in [-0.3, -0.25) is 4.79 Å². The Morgan fingerprint density at radius 3 is 1.79 bits per heavy atom. The van der Waals surface area contributed by atoms with Crippen molar-refractivity contribution in [2.24, 2.45) is 5.92 Å². The van der Waals surface area contributed by atoms with Crippen molar-refractivity contribution in [2.75, 3.05) is 39.6 Å². The highest BCUT2D eigenvalue weighted by Gasteiger charge is 2.28. The number of halogens is 5. The first kappa shape index (κ1) is 24.3. The van der Waals surface area contributed by atoms with Gasteiger partial charge in [0, 0.05) is 6.61 Å². The zero-order chi connectivity index (χ0) is 21.1. The molecule has 160 valence electrons. The third-order valence-electron chi connectivity index (χ3n) is 3.68. The van der Waals surface area contributed by atoms with Gasteiger partial charge in [0.1, 0.15) is 0 Å². The number of hydrogen-bond acceptors (Lipinski definition) is 5. The van der Waals surface area contributed by atoms with Gasteiger partial charge in [-0.05, 0) is 5.92 Å². The summed E-state index contributed by atoms with van der Waals surface area (Å²) in [5.41, 5.74) is 0. The molecule has 1 aromatic rings. The van der Waals surface area contributed by atoms with Gasteiger partial charge >= 0.3 is 5.97 Å². The maximum Gasteiger partial charge on any atom is 0.313 e. The first-order valence-electron chi connectivity index (χ1n) is 8.74. The summed E-state index contributed by atoms with van der Waals surface area (Å²) in [5.74, 6) is -13.5. The topological polar surface area (TPSA) is 54.0 Å². The minimum atomic E-state index is -2.33. The molecule has 0 aromatic heterocycles. The molecule has 10 heteroatoms. The van der Waals surface area contributed by atoms with Crippen LogP contribution in [-0.4, -0.2) is 45.6 Å². The third kappa shape index (κ3) is 7.69. The minimum Gasteiger partial charge on any atom is -0.420 e. The standard InChI is InChI=1S/C18H23F5O5/c1-3-11(2)10-27-9-8-26-7-6-25-5-4-12(24)28-18-16(22)14(20)13(19)15(21)17(18)23/h11H,3-10H2,1-2H3. The van der Waals surface area contributed by atoms with E-state index in [1.807, 2.05) is 0 Å². The van der Waals surface area contributed by atoms with Crippen molar-refractivity contribution < 1.29 is 45.7 Å². The first-order valence-corrected chi connectivity index (χ1v) is 8.74. The maximum atomic E-state index is 13.4. The molecule has 1 atom stereocenters. The molecule has 1 unspecified atom stereocenters. The molecule has 0 amide bonds. The first-order chi connectivity index (χ1) is 13.3. The largest absolute Gasteiger partial charge is 0.420 e. The van der Waals surface area contributed by atoms with Gasteiger partial charge in [0.15, 0.2) is 0 Å². The normalized spacial score (nSPS) is 12.2. The van der Waals surface area contributed by atoms with Crippen molar-refractivity contribution in [3.05, 3.63) is 29.1 Å². The fraction of sp³-hybridized carbons (Fsp3) is 0.611. The molecule has 1 rings (SSSR count). The average Bonchev–Trinajstić information content (AvgIpc) is 2.69. The van der Waals surface area contributed by atoms with E-state index in [9.17, 15) is 26.7 Å². The number of esters is 1.